The Balaban J connectivity index is 2.31. The maximum Gasteiger partial charge on any atom is 0.223 e. The standard InChI is InChI=1S/C11H21NO2S/c1-15-8-5-11(14)12-6-2-3-10(9-12)4-7-13/h10,13H,2-9H2,1H3. The molecule has 4 heteroatoms. The van der Waals surface area contributed by atoms with E-state index in [-0.39, 0.29) is 12.5 Å². The van der Waals surface area contributed by atoms with Crippen LogP contribution in [0.3, 0.4) is 0 Å². The molecule has 3 nitrogen and oxygen atoms in total. The highest BCUT2D eigenvalue weighted by atomic mass is 32.2. The van der Waals surface area contributed by atoms with Gasteiger partial charge in [0.2, 0.25) is 5.91 Å². The predicted octanol–water partition coefficient (Wildman–Crippen LogP) is 1.36. The van der Waals surface area contributed by atoms with Crippen LogP contribution in [0.1, 0.15) is 25.7 Å². The molecule has 1 saturated heterocycles. The molecule has 1 aliphatic heterocycles. The second-order valence-corrected chi connectivity index (χ2v) is 5.09. The van der Waals surface area contributed by atoms with Crippen molar-refractivity contribution in [2.75, 3.05) is 31.7 Å². The van der Waals surface area contributed by atoms with Crippen LogP contribution in [0.4, 0.5) is 0 Å². The van der Waals surface area contributed by atoms with Crippen molar-refractivity contribution in [2.24, 2.45) is 5.92 Å². The number of rotatable bonds is 5. The van der Waals surface area contributed by atoms with Gasteiger partial charge in [0, 0.05) is 31.9 Å². The van der Waals surface area contributed by atoms with Gasteiger partial charge in [-0.15, -0.1) is 0 Å². The van der Waals surface area contributed by atoms with Crippen molar-refractivity contribution in [2.45, 2.75) is 25.7 Å². The van der Waals surface area contributed by atoms with Crippen molar-refractivity contribution in [3.63, 3.8) is 0 Å². The zero-order valence-electron chi connectivity index (χ0n) is 9.45. The van der Waals surface area contributed by atoms with Gasteiger partial charge in [-0.1, -0.05) is 0 Å². The molecule has 1 amide bonds. The highest BCUT2D eigenvalue weighted by Crippen LogP contribution is 2.19. The summed E-state index contributed by atoms with van der Waals surface area (Å²) in [6.07, 6.45) is 5.78. The lowest BCUT2D eigenvalue weighted by Gasteiger charge is -2.32. The van der Waals surface area contributed by atoms with Gasteiger partial charge in [0.05, 0.1) is 0 Å². The van der Waals surface area contributed by atoms with Crippen LogP contribution in [0, 0.1) is 5.92 Å². The Morgan fingerprint density at radius 2 is 2.40 bits per heavy atom. The number of carbonyl (C=O) groups is 1. The van der Waals surface area contributed by atoms with Crippen LogP contribution in [0.25, 0.3) is 0 Å². The van der Waals surface area contributed by atoms with E-state index in [1.165, 1.54) is 0 Å². The third-order valence-corrected chi connectivity index (χ3v) is 3.54. The number of nitrogens with zero attached hydrogens (tertiary/aromatic N) is 1. The topological polar surface area (TPSA) is 40.5 Å². The third-order valence-electron chi connectivity index (χ3n) is 2.93. The lowest BCUT2D eigenvalue weighted by molar-refractivity contribution is -0.132. The molecule has 1 fully saturated rings. The summed E-state index contributed by atoms with van der Waals surface area (Å²) in [7, 11) is 0. The van der Waals surface area contributed by atoms with E-state index in [1.54, 1.807) is 11.8 Å². The number of amides is 1. The number of thioether (sulfide) groups is 1. The lowest BCUT2D eigenvalue weighted by atomic mass is 9.95. The Morgan fingerprint density at radius 3 is 3.07 bits per heavy atom. The van der Waals surface area contributed by atoms with E-state index < -0.39 is 0 Å². The molecule has 0 aromatic carbocycles. The van der Waals surface area contributed by atoms with Crippen LogP contribution >= 0.6 is 11.8 Å². The fourth-order valence-corrected chi connectivity index (χ4v) is 2.44. The third kappa shape index (κ3) is 4.43. The molecule has 0 bridgehead atoms. The van der Waals surface area contributed by atoms with Crippen molar-refractivity contribution >= 4 is 17.7 Å². The van der Waals surface area contributed by atoms with Crippen LogP contribution in [-0.2, 0) is 4.79 Å². The number of carbonyl (C=O) groups excluding carboxylic acids is 1. The molecule has 0 aliphatic carbocycles. The average molecular weight is 231 g/mol. The van der Waals surface area contributed by atoms with Gasteiger partial charge in [0.25, 0.3) is 0 Å². The van der Waals surface area contributed by atoms with Crippen molar-refractivity contribution in [3.8, 4) is 0 Å². The quantitative estimate of drug-likeness (QED) is 0.776. The van der Waals surface area contributed by atoms with Gasteiger partial charge in [0.1, 0.15) is 0 Å². The molecule has 0 radical (unpaired) electrons. The number of piperidine rings is 1. The second-order valence-electron chi connectivity index (χ2n) is 4.10. The van der Waals surface area contributed by atoms with Crippen LogP contribution in [-0.4, -0.2) is 47.6 Å². The largest absolute Gasteiger partial charge is 0.396 e. The molecule has 1 unspecified atom stereocenters. The summed E-state index contributed by atoms with van der Waals surface area (Å²) in [4.78, 5) is 13.7. The van der Waals surface area contributed by atoms with Crippen LogP contribution in [0.5, 0.6) is 0 Å². The number of aliphatic hydroxyl groups excluding tert-OH is 1. The Labute approximate surface area is 96.2 Å². The molecular weight excluding hydrogens is 210 g/mol. The summed E-state index contributed by atoms with van der Waals surface area (Å²) in [6, 6.07) is 0. The smallest absolute Gasteiger partial charge is 0.223 e. The van der Waals surface area contributed by atoms with Gasteiger partial charge in [-0.2, -0.15) is 11.8 Å². The van der Waals surface area contributed by atoms with E-state index in [9.17, 15) is 4.79 Å². The van der Waals surface area contributed by atoms with Crippen LogP contribution in [0.15, 0.2) is 0 Å². The molecule has 1 heterocycles. The summed E-state index contributed by atoms with van der Waals surface area (Å²) < 4.78 is 0. The summed E-state index contributed by atoms with van der Waals surface area (Å²) in [5.41, 5.74) is 0. The first-order chi connectivity index (χ1) is 7.27. The molecule has 88 valence electrons. The van der Waals surface area contributed by atoms with Gasteiger partial charge in [0.15, 0.2) is 0 Å². The number of aliphatic hydroxyl groups is 1. The maximum atomic E-state index is 11.8. The zero-order chi connectivity index (χ0) is 11.1. The van der Waals surface area contributed by atoms with Gasteiger partial charge in [-0.25, -0.2) is 0 Å². The number of hydrogen-bond acceptors (Lipinski definition) is 3. The van der Waals surface area contributed by atoms with Crippen molar-refractivity contribution < 1.29 is 9.90 Å². The van der Waals surface area contributed by atoms with Crippen LogP contribution < -0.4 is 0 Å². The van der Waals surface area contributed by atoms with Crippen molar-refractivity contribution in [1.29, 1.82) is 0 Å². The van der Waals surface area contributed by atoms with Gasteiger partial charge >= 0.3 is 0 Å². The molecule has 1 atom stereocenters. The van der Waals surface area contributed by atoms with Gasteiger partial charge < -0.3 is 10.0 Å². The molecule has 0 aromatic rings. The summed E-state index contributed by atoms with van der Waals surface area (Å²) in [5.74, 6) is 1.72. The van der Waals surface area contributed by atoms with E-state index in [0.717, 1.165) is 38.1 Å². The molecule has 0 spiro atoms. The van der Waals surface area contributed by atoms with E-state index in [0.29, 0.717) is 12.3 Å². The minimum absolute atomic E-state index is 0.248. The molecular formula is C11H21NO2S. The summed E-state index contributed by atoms with van der Waals surface area (Å²) >= 11 is 1.72. The first kappa shape index (κ1) is 12.8. The predicted molar refractivity (Wildman–Crippen MR) is 64.0 cm³/mol. The zero-order valence-corrected chi connectivity index (χ0v) is 10.3. The maximum absolute atomic E-state index is 11.8. The normalized spacial score (nSPS) is 21.7. The monoisotopic (exact) mass is 231 g/mol. The number of likely N-dealkylation sites (tertiary alicyclic amines) is 1. The van der Waals surface area contributed by atoms with Gasteiger partial charge in [-0.05, 0) is 31.4 Å². The molecule has 0 aromatic heterocycles. The number of hydrogen-bond donors (Lipinski definition) is 1. The first-order valence-corrected chi connectivity index (χ1v) is 7.05. The highest BCUT2D eigenvalue weighted by molar-refractivity contribution is 7.98. The molecule has 1 aliphatic rings. The van der Waals surface area contributed by atoms with E-state index >= 15 is 0 Å². The van der Waals surface area contributed by atoms with Crippen molar-refractivity contribution in [1.82, 2.24) is 4.90 Å². The summed E-state index contributed by atoms with van der Waals surface area (Å²) in [6.45, 7) is 2.01. The van der Waals surface area contributed by atoms with E-state index in [4.69, 9.17) is 5.11 Å². The van der Waals surface area contributed by atoms with Crippen LogP contribution in [0.2, 0.25) is 0 Å². The van der Waals surface area contributed by atoms with Gasteiger partial charge in [-0.3, -0.25) is 4.79 Å². The SMILES string of the molecule is CSCCC(=O)N1CCCC(CCO)C1. The molecule has 15 heavy (non-hydrogen) atoms. The van der Waals surface area contributed by atoms with E-state index in [2.05, 4.69) is 0 Å². The van der Waals surface area contributed by atoms with Crippen molar-refractivity contribution in [3.05, 3.63) is 0 Å². The minimum atomic E-state index is 0.248. The second kappa shape index (κ2) is 7.12. The fraction of sp³-hybridized carbons (Fsp3) is 0.909. The minimum Gasteiger partial charge on any atom is -0.396 e. The molecule has 1 rings (SSSR count). The Morgan fingerprint density at radius 1 is 1.60 bits per heavy atom. The average Bonchev–Trinajstić information content (AvgIpc) is 2.27. The van der Waals surface area contributed by atoms with E-state index in [1.807, 2.05) is 11.2 Å². The Bertz CT molecular complexity index is 197. The Hall–Kier alpha value is -0.220. The fourth-order valence-electron chi connectivity index (χ4n) is 2.06. The molecule has 1 N–H and O–H groups in total. The Kier molecular flexibility index (Phi) is 6.10. The molecule has 0 saturated carbocycles. The summed E-state index contributed by atoms with van der Waals surface area (Å²) in [5, 5.41) is 8.88. The highest BCUT2D eigenvalue weighted by Gasteiger charge is 2.22. The first-order valence-electron chi connectivity index (χ1n) is 5.65. The lowest BCUT2D eigenvalue weighted by Crippen LogP contribution is -2.40.